The van der Waals surface area contributed by atoms with Crippen molar-refractivity contribution < 1.29 is 0 Å². The Labute approximate surface area is 164 Å². The molecule has 2 aromatic carbocycles. The van der Waals surface area contributed by atoms with E-state index < -0.39 is 0 Å². The van der Waals surface area contributed by atoms with Gasteiger partial charge in [0.05, 0.1) is 11.0 Å². The van der Waals surface area contributed by atoms with Crippen LogP contribution in [0.2, 0.25) is 0 Å². The van der Waals surface area contributed by atoms with Crippen molar-refractivity contribution in [3.63, 3.8) is 0 Å². The van der Waals surface area contributed by atoms with Crippen LogP contribution in [0, 0.1) is 6.92 Å². The highest BCUT2D eigenvalue weighted by atomic mass is 15.0. The molecule has 0 fully saturated rings. The Hall–Kier alpha value is -3.46. The second-order valence-corrected chi connectivity index (χ2v) is 7.17. The van der Waals surface area contributed by atoms with Gasteiger partial charge in [0.25, 0.3) is 0 Å². The van der Waals surface area contributed by atoms with Crippen molar-refractivity contribution in [3.8, 4) is 16.8 Å². The van der Waals surface area contributed by atoms with Crippen LogP contribution in [0.3, 0.4) is 0 Å². The van der Waals surface area contributed by atoms with Gasteiger partial charge in [-0.15, -0.1) is 0 Å². The van der Waals surface area contributed by atoms with Crippen molar-refractivity contribution >= 4 is 21.8 Å². The van der Waals surface area contributed by atoms with Crippen LogP contribution >= 0.6 is 0 Å². The summed E-state index contributed by atoms with van der Waals surface area (Å²) in [6.45, 7) is 4.38. The predicted octanol–water partition coefficient (Wildman–Crippen LogP) is 6.11. The molecule has 3 heterocycles. The van der Waals surface area contributed by atoms with Gasteiger partial charge in [0.15, 0.2) is 0 Å². The van der Waals surface area contributed by atoms with Crippen molar-refractivity contribution in [1.82, 2.24) is 14.5 Å². The fourth-order valence-electron chi connectivity index (χ4n) is 4.06. The zero-order valence-electron chi connectivity index (χ0n) is 16.1. The standard InChI is InChI=1S/C25H21N3/c1-3-18-5-4-6-19(14-18)21-8-7-20(13-17(21)2)28-24-9-11-26-15-22(24)23-16-27-12-10-25(23)28/h4-16H,3H2,1-2H3. The van der Waals surface area contributed by atoms with Gasteiger partial charge in [-0.1, -0.05) is 37.3 Å². The molecule has 0 spiro atoms. The van der Waals surface area contributed by atoms with Gasteiger partial charge in [-0.3, -0.25) is 9.97 Å². The van der Waals surface area contributed by atoms with E-state index in [-0.39, 0.29) is 0 Å². The third kappa shape index (κ3) is 2.59. The lowest BCUT2D eigenvalue weighted by molar-refractivity contribution is 1.14. The number of hydrogen-bond donors (Lipinski definition) is 0. The number of rotatable bonds is 3. The van der Waals surface area contributed by atoms with E-state index in [0.29, 0.717) is 0 Å². The van der Waals surface area contributed by atoms with Gasteiger partial charge in [-0.2, -0.15) is 0 Å². The fraction of sp³-hybridized carbons (Fsp3) is 0.120. The van der Waals surface area contributed by atoms with Crippen LogP contribution in [-0.2, 0) is 6.42 Å². The number of pyridine rings is 2. The molecule has 0 unspecified atom stereocenters. The number of nitrogens with zero attached hydrogens (tertiary/aromatic N) is 3. The van der Waals surface area contributed by atoms with Gasteiger partial charge in [0, 0.05) is 41.2 Å². The Morgan fingerprint density at radius 3 is 2.18 bits per heavy atom. The maximum atomic E-state index is 4.32. The summed E-state index contributed by atoms with van der Waals surface area (Å²) in [5.74, 6) is 0. The van der Waals surface area contributed by atoms with Crippen LogP contribution in [0.1, 0.15) is 18.1 Å². The third-order valence-corrected chi connectivity index (χ3v) is 5.48. The first-order valence-electron chi connectivity index (χ1n) is 9.65. The average Bonchev–Trinajstić information content (AvgIpc) is 3.08. The van der Waals surface area contributed by atoms with Crippen molar-refractivity contribution in [1.29, 1.82) is 0 Å². The Morgan fingerprint density at radius 2 is 1.54 bits per heavy atom. The van der Waals surface area contributed by atoms with Gasteiger partial charge in [-0.25, -0.2) is 0 Å². The molecule has 28 heavy (non-hydrogen) atoms. The third-order valence-electron chi connectivity index (χ3n) is 5.48. The number of hydrogen-bond acceptors (Lipinski definition) is 2. The summed E-state index contributed by atoms with van der Waals surface area (Å²) in [4.78, 5) is 8.63. The first-order chi connectivity index (χ1) is 13.8. The molecule has 136 valence electrons. The van der Waals surface area contributed by atoms with Crippen molar-refractivity contribution in [2.75, 3.05) is 0 Å². The number of fused-ring (bicyclic) bond motifs is 3. The van der Waals surface area contributed by atoms with Gasteiger partial charge in [0.1, 0.15) is 0 Å². The highest BCUT2D eigenvalue weighted by molar-refractivity contribution is 6.08. The summed E-state index contributed by atoms with van der Waals surface area (Å²) >= 11 is 0. The van der Waals surface area contributed by atoms with E-state index in [9.17, 15) is 0 Å². The van der Waals surface area contributed by atoms with E-state index in [1.807, 2.05) is 24.8 Å². The van der Waals surface area contributed by atoms with Gasteiger partial charge in [-0.05, 0) is 59.9 Å². The lowest BCUT2D eigenvalue weighted by atomic mass is 9.97. The summed E-state index contributed by atoms with van der Waals surface area (Å²) in [5, 5.41) is 2.26. The van der Waals surface area contributed by atoms with Crippen LogP contribution < -0.4 is 0 Å². The number of benzene rings is 2. The monoisotopic (exact) mass is 363 g/mol. The SMILES string of the molecule is CCc1cccc(-c2ccc(-n3c4ccncc4c4cnccc43)cc2C)c1. The van der Waals surface area contributed by atoms with E-state index in [0.717, 1.165) is 33.9 Å². The lowest BCUT2D eigenvalue weighted by Gasteiger charge is -2.13. The van der Waals surface area contributed by atoms with Crippen LogP contribution in [0.15, 0.2) is 79.4 Å². The molecule has 0 aliphatic carbocycles. The normalized spacial score (nSPS) is 11.4. The summed E-state index contributed by atoms with van der Waals surface area (Å²) in [7, 11) is 0. The molecule has 3 aromatic heterocycles. The molecule has 5 aromatic rings. The topological polar surface area (TPSA) is 30.7 Å². The maximum Gasteiger partial charge on any atom is 0.0572 e. The summed E-state index contributed by atoms with van der Waals surface area (Å²) in [5.41, 5.74) is 8.65. The molecule has 0 N–H and O–H groups in total. The summed E-state index contributed by atoms with van der Waals surface area (Å²) in [6, 6.07) is 19.7. The molecule has 0 aliphatic rings. The molecule has 0 atom stereocenters. The summed E-state index contributed by atoms with van der Waals surface area (Å²) < 4.78 is 2.30. The number of aromatic nitrogens is 3. The average molecular weight is 363 g/mol. The molecule has 3 heteroatoms. The molecule has 0 saturated heterocycles. The molecule has 3 nitrogen and oxygen atoms in total. The Kier molecular flexibility index (Phi) is 3.94. The second-order valence-electron chi connectivity index (χ2n) is 7.17. The maximum absolute atomic E-state index is 4.32. The van der Waals surface area contributed by atoms with Crippen LogP contribution in [0.5, 0.6) is 0 Å². The van der Waals surface area contributed by atoms with E-state index in [2.05, 4.69) is 83.0 Å². The highest BCUT2D eigenvalue weighted by Gasteiger charge is 2.13. The number of aryl methyl sites for hydroxylation is 2. The fourth-order valence-corrected chi connectivity index (χ4v) is 4.06. The van der Waals surface area contributed by atoms with Gasteiger partial charge >= 0.3 is 0 Å². The Bertz CT molecular complexity index is 1260. The van der Waals surface area contributed by atoms with E-state index in [1.54, 1.807) is 0 Å². The predicted molar refractivity (Wildman–Crippen MR) is 116 cm³/mol. The molecule has 0 bridgehead atoms. The summed E-state index contributed by atoms with van der Waals surface area (Å²) in [6.07, 6.45) is 8.60. The molecule has 0 amide bonds. The van der Waals surface area contributed by atoms with E-state index >= 15 is 0 Å². The van der Waals surface area contributed by atoms with Crippen molar-refractivity contribution in [2.24, 2.45) is 0 Å². The highest BCUT2D eigenvalue weighted by Crippen LogP contribution is 2.33. The van der Waals surface area contributed by atoms with Crippen LogP contribution in [0.25, 0.3) is 38.6 Å². The quantitative estimate of drug-likeness (QED) is 0.387. The molecular weight excluding hydrogens is 342 g/mol. The zero-order valence-corrected chi connectivity index (χ0v) is 16.1. The van der Waals surface area contributed by atoms with E-state index in [1.165, 1.54) is 22.3 Å². The van der Waals surface area contributed by atoms with E-state index in [4.69, 9.17) is 0 Å². The molecular formula is C25H21N3. The smallest absolute Gasteiger partial charge is 0.0572 e. The minimum absolute atomic E-state index is 1.05. The van der Waals surface area contributed by atoms with Gasteiger partial charge < -0.3 is 4.57 Å². The lowest BCUT2D eigenvalue weighted by Crippen LogP contribution is -1.96. The van der Waals surface area contributed by atoms with Gasteiger partial charge in [0.2, 0.25) is 0 Å². The first kappa shape index (κ1) is 16.7. The second kappa shape index (κ2) is 6.61. The molecule has 0 saturated carbocycles. The minimum Gasteiger partial charge on any atom is -0.309 e. The van der Waals surface area contributed by atoms with Crippen molar-refractivity contribution in [3.05, 3.63) is 90.5 Å². The molecule has 0 radical (unpaired) electrons. The first-order valence-corrected chi connectivity index (χ1v) is 9.65. The zero-order chi connectivity index (χ0) is 19.1. The molecule has 5 rings (SSSR count). The molecule has 0 aliphatic heterocycles. The Balaban J connectivity index is 1.71. The van der Waals surface area contributed by atoms with Crippen LogP contribution in [0.4, 0.5) is 0 Å². The largest absolute Gasteiger partial charge is 0.309 e. The van der Waals surface area contributed by atoms with Crippen molar-refractivity contribution in [2.45, 2.75) is 20.3 Å². The van der Waals surface area contributed by atoms with Crippen LogP contribution in [-0.4, -0.2) is 14.5 Å². The minimum atomic E-state index is 1.05. The Morgan fingerprint density at radius 1 is 0.821 bits per heavy atom.